The van der Waals surface area contributed by atoms with Gasteiger partial charge < -0.3 is 15.0 Å². The second kappa shape index (κ2) is 12.2. The quantitative estimate of drug-likeness (QED) is 0.529. The molecule has 2 aromatic rings. The molecule has 1 N–H and O–H groups in total. The van der Waals surface area contributed by atoms with Crippen molar-refractivity contribution in [2.24, 2.45) is 0 Å². The van der Waals surface area contributed by atoms with Crippen LogP contribution >= 0.6 is 11.6 Å². The molecule has 0 aliphatic carbocycles. The third-order valence-electron chi connectivity index (χ3n) is 5.03. The number of hydrogen-bond acceptors (Lipinski definition) is 3. The maximum atomic E-state index is 13.1. The molecular weight excluding hydrogens is 400 g/mol. The molecule has 0 aliphatic heterocycles. The fourth-order valence-corrected chi connectivity index (χ4v) is 3.25. The van der Waals surface area contributed by atoms with E-state index in [0.29, 0.717) is 18.1 Å². The van der Waals surface area contributed by atoms with E-state index < -0.39 is 6.04 Å². The van der Waals surface area contributed by atoms with Gasteiger partial charge in [-0.05, 0) is 48.7 Å². The van der Waals surface area contributed by atoms with Crippen LogP contribution in [0.5, 0.6) is 5.75 Å². The Morgan fingerprint density at radius 1 is 1.03 bits per heavy atom. The summed E-state index contributed by atoms with van der Waals surface area (Å²) in [6, 6.07) is 14.2. The monoisotopic (exact) mass is 430 g/mol. The van der Waals surface area contributed by atoms with E-state index in [1.54, 1.807) is 31.1 Å². The molecule has 0 aliphatic rings. The van der Waals surface area contributed by atoms with Crippen LogP contribution in [0.3, 0.4) is 0 Å². The number of methoxy groups -OCH3 is 1. The van der Waals surface area contributed by atoms with Gasteiger partial charge in [0, 0.05) is 18.1 Å². The topological polar surface area (TPSA) is 58.6 Å². The van der Waals surface area contributed by atoms with E-state index in [1.165, 1.54) is 0 Å². The van der Waals surface area contributed by atoms with Gasteiger partial charge in [0.1, 0.15) is 11.8 Å². The largest absolute Gasteiger partial charge is 0.497 e. The summed E-state index contributed by atoms with van der Waals surface area (Å²) in [5.74, 6) is 0.507. The van der Waals surface area contributed by atoms with Crippen molar-refractivity contribution in [2.75, 3.05) is 13.7 Å². The molecule has 0 heterocycles. The van der Waals surface area contributed by atoms with Crippen molar-refractivity contribution in [3.05, 3.63) is 64.7 Å². The Morgan fingerprint density at radius 3 is 2.27 bits per heavy atom. The van der Waals surface area contributed by atoms with Crippen LogP contribution in [-0.4, -0.2) is 36.4 Å². The normalized spacial score (nSPS) is 11.6. The van der Waals surface area contributed by atoms with Gasteiger partial charge in [-0.1, -0.05) is 55.6 Å². The Bertz CT molecular complexity index is 806. The van der Waals surface area contributed by atoms with Crippen LogP contribution in [-0.2, 0) is 22.6 Å². The highest BCUT2D eigenvalue weighted by Gasteiger charge is 2.26. The lowest BCUT2D eigenvalue weighted by atomic mass is 10.1. The molecule has 162 valence electrons. The zero-order chi connectivity index (χ0) is 21.9. The molecule has 6 heteroatoms. The van der Waals surface area contributed by atoms with Crippen LogP contribution in [0.25, 0.3) is 0 Å². The molecule has 0 bridgehead atoms. The summed E-state index contributed by atoms with van der Waals surface area (Å²) < 4.78 is 5.20. The fourth-order valence-electron chi connectivity index (χ4n) is 3.12. The zero-order valence-electron chi connectivity index (χ0n) is 18.0. The number of rotatable bonds is 11. The average Bonchev–Trinajstić information content (AvgIpc) is 2.76. The number of nitrogens with one attached hydrogen (secondary N) is 1. The van der Waals surface area contributed by atoms with E-state index in [1.807, 2.05) is 36.4 Å². The van der Waals surface area contributed by atoms with Gasteiger partial charge in [0.05, 0.1) is 13.5 Å². The number of hydrogen-bond donors (Lipinski definition) is 1. The van der Waals surface area contributed by atoms with Crippen LogP contribution in [0.2, 0.25) is 5.02 Å². The van der Waals surface area contributed by atoms with Crippen molar-refractivity contribution < 1.29 is 14.3 Å². The number of carbonyl (C=O) groups excluding carboxylic acids is 2. The summed E-state index contributed by atoms with van der Waals surface area (Å²) in [6.07, 6.45) is 3.31. The number of benzene rings is 2. The Balaban J connectivity index is 2.13. The molecule has 5 nitrogen and oxygen atoms in total. The van der Waals surface area contributed by atoms with Gasteiger partial charge in [0.2, 0.25) is 11.8 Å². The van der Waals surface area contributed by atoms with E-state index in [2.05, 4.69) is 12.2 Å². The lowest BCUT2D eigenvalue weighted by Crippen LogP contribution is -2.48. The highest BCUT2D eigenvalue weighted by Crippen LogP contribution is 2.17. The number of halogens is 1. The van der Waals surface area contributed by atoms with Crippen molar-refractivity contribution in [3.8, 4) is 5.75 Å². The summed E-state index contributed by atoms with van der Waals surface area (Å²) in [5.41, 5.74) is 1.80. The number of ether oxygens (including phenoxy) is 1. The minimum Gasteiger partial charge on any atom is -0.497 e. The second-order valence-electron chi connectivity index (χ2n) is 7.35. The van der Waals surface area contributed by atoms with Crippen molar-refractivity contribution in [3.63, 3.8) is 0 Å². The summed E-state index contributed by atoms with van der Waals surface area (Å²) >= 11 is 5.95. The molecule has 0 spiro atoms. The van der Waals surface area contributed by atoms with Crippen LogP contribution in [0.4, 0.5) is 0 Å². The number of carbonyl (C=O) groups is 2. The number of nitrogens with zero attached hydrogens (tertiary/aromatic N) is 1. The first-order chi connectivity index (χ1) is 14.4. The lowest BCUT2D eigenvalue weighted by molar-refractivity contribution is -0.140. The van der Waals surface area contributed by atoms with Crippen molar-refractivity contribution in [2.45, 2.75) is 52.1 Å². The Kier molecular flexibility index (Phi) is 9.68. The molecular formula is C24H31ClN2O3. The van der Waals surface area contributed by atoms with Gasteiger partial charge in [0.15, 0.2) is 0 Å². The van der Waals surface area contributed by atoms with Crippen molar-refractivity contribution in [1.82, 2.24) is 10.2 Å². The summed E-state index contributed by atoms with van der Waals surface area (Å²) in [4.78, 5) is 27.5. The van der Waals surface area contributed by atoms with Crippen LogP contribution in [0, 0.1) is 0 Å². The van der Waals surface area contributed by atoms with Gasteiger partial charge >= 0.3 is 0 Å². The van der Waals surface area contributed by atoms with E-state index in [9.17, 15) is 9.59 Å². The van der Waals surface area contributed by atoms with Gasteiger partial charge in [0.25, 0.3) is 0 Å². The molecule has 0 aromatic heterocycles. The first kappa shape index (κ1) is 23.7. The smallest absolute Gasteiger partial charge is 0.242 e. The van der Waals surface area contributed by atoms with Crippen molar-refractivity contribution >= 4 is 23.4 Å². The SMILES string of the molecule is CCCCCNC(=O)[C@@H](C)N(Cc1ccc(OC)cc1)C(=O)Cc1ccc(Cl)cc1. The third kappa shape index (κ3) is 7.38. The van der Waals surface area contributed by atoms with Gasteiger partial charge in [-0.25, -0.2) is 0 Å². The molecule has 0 fully saturated rings. The minimum atomic E-state index is -0.575. The lowest BCUT2D eigenvalue weighted by Gasteiger charge is -2.29. The molecule has 0 saturated heterocycles. The third-order valence-corrected chi connectivity index (χ3v) is 5.28. The molecule has 0 unspecified atom stereocenters. The number of unbranched alkanes of at least 4 members (excludes halogenated alkanes) is 2. The summed E-state index contributed by atoms with van der Waals surface area (Å²) in [6.45, 7) is 4.87. The maximum Gasteiger partial charge on any atom is 0.242 e. The van der Waals surface area contributed by atoms with Gasteiger partial charge in [-0.15, -0.1) is 0 Å². The maximum absolute atomic E-state index is 13.1. The molecule has 30 heavy (non-hydrogen) atoms. The predicted octanol–water partition coefficient (Wildman–Crippen LogP) is 4.61. The first-order valence-electron chi connectivity index (χ1n) is 10.4. The Morgan fingerprint density at radius 2 is 1.67 bits per heavy atom. The Labute approximate surface area is 184 Å². The highest BCUT2D eigenvalue weighted by atomic mass is 35.5. The van der Waals surface area contributed by atoms with Crippen LogP contribution in [0.15, 0.2) is 48.5 Å². The van der Waals surface area contributed by atoms with E-state index >= 15 is 0 Å². The molecule has 0 saturated carbocycles. The van der Waals surface area contributed by atoms with Gasteiger partial charge in [-0.3, -0.25) is 9.59 Å². The molecule has 2 rings (SSSR count). The van der Waals surface area contributed by atoms with E-state index in [-0.39, 0.29) is 18.2 Å². The molecule has 2 aromatic carbocycles. The predicted molar refractivity (Wildman–Crippen MR) is 121 cm³/mol. The molecule has 0 radical (unpaired) electrons. The average molecular weight is 431 g/mol. The highest BCUT2D eigenvalue weighted by molar-refractivity contribution is 6.30. The molecule has 1 atom stereocenters. The van der Waals surface area contributed by atoms with Crippen LogP contribution < -0.4 is 10.1 Å². The van der Waals surface area contributed by atoms with E-state index in [4.69, 9.17) is 16.3 Å². The summed E-state index contributed by atoms with van der Waals surface area (Å²) in [5, 5.41) is 3.58. The standard InChI is InChI=1S/C24H31ClN2O3/c1-4-5-6-15-26-24(29)18(2)27(17-20-9-13-22(30-3)14-10-20)23(28)16-19-7-11-21(25)12-8-19/h7-14,18H,4-6,15-17H2,1-3H3,(H,26,29)/t18-/m1/s1. The first-order valence-corrected chi connectivity index (χ1v) is 10.8. The zero-order valence-corrected chi connectivity index (χ0v) is 18.7. The summed E-state index contributed by atoms with van der Waals surface area (Å²) in [7, 11) is 1.61. The van der Waals surface area contributed by atoms with E-state index in [0.717, 1.165) is 36.1 Å². The Hall–Kier alpha value is -2.53. The van der Waals surface area contributed by atoms with Crippen molar-refractivity contribution in [1.29, 1.82) is 0 Å². The second-order valence-corrected chi connectivity index (χ2v) is 7.78. The number of amides is 2. The van der Waals surface area contributed by atoms with Crippen LogP contribution in [0.1, 0.15) is 44.2 Å². The van der Waals surface area contributed by atoms with Gasteiger partial charge in [-0.2, -0.15) is 0 Å². The minimum absolute atomic E-state index is 0.107. The fraction of sp³-hybridized carbons (Fsp3) is 0.417. The molecule has 2 amide bonds.